The zero-order chi connectivity index (χ0) is 22.9. The molecule has 1 aliphatic heterocycles. The molecule has 0 aliphatic carbocycles. The molecule has 1 amide bonds. The van der Waals surface area contributed by atoms with Crippen LogP contribution in [0.3, 0.4) is 0 Å². The van der Waals surface area contributed by atoms with Gasteiger partial charge in [0.2, 0.25) is 0 Å². The van der Waals surface area contributed by atoms with Crippen LogP contribution in [0.5, 0.6) is 5.75 Å². The number of amides is 1. The quantitative estimate of drug-likeness (QED) is 0.541. The van der Waals surface area contributed by atoms with Crippen LogP contribution in [0.4, 0.5) is 4.79 Å². The highest BCUT2D eigenvalue weighted by molar-refractivity contribution is 8.25. The van der Waals surface area contributed by atoms with Gasteiger partial charge in [0.1, 0.15) is 28.1 Å². The molecule has 0 saturated carbocycles. The second-order valence-corrected chi connectivity index (χ2v) is 12.3. The molecular formula is C21H27NO7S2. The van der Waals surface area contributed by atoms with Crippen molar-refractivity contribution in [3.63, 3.8) is 0 Å². The third-order valence-corrected chi connectivity index (χ3v) is 8.74. The summed E-state index contributed by atoms with van der Waals surface area (Å²) < 4.78 is 58.4. The molecule has 10 heteroatoms. The van der Waals surface area contributed by atoms with E-state index in [1.807, 2.05) is 0 Å². The molecular weight excluding hydrogens is 442 g/mol. The molecule has 1 unspecified atom stereocenters. The highest BCUT2D eigenvalue weighted by atomic mass is 32.3. The summed E-state index contributed by atoms with van der Waals surface area (Å²) in [5.74, 6) is -0.134. The molecule has 31 heavy (non-hydrogen) atoms. The maximum Gasteiger partial charge on any atom is 0.407 e. The molecule has 1 heterocycles. The molecule has 0 radical (unpaired) electrons. The summed E-state index contributed by atoms with van der Waals surface area (Å²) in [6.07, 6.45) is -0.590. The molecule has 0 aromatic heterocycles. The van der Waals surface area contributed by atoms with E-state index in [0.29, 0.717) is 5.56 Å². The molecule has 2 aromatic carbocycles. The Kier molecular flexibility index (Phi) is 6.56. The number of hydrogen-bond donors (Lipinski definition) is 3. The van der Waals surface area contributed by atoms with E-state index in [2.05, 4.69) is 5.32 Å². The molecule has 0 bridgehead atoms. The van der Waals surface area contributed by atoms with E-state index in [1.165, 1.54) is 12.1 Å². The van der Waals surface area contributed by atoms with Crippen LogP contribution in [-0.4, -0.2) is 48.1 Å². The molecule has 0 spiro atoms. The van der Waals surface area contributed by atoms with E-state index < -0.39 is 37.4 Å². The predicted octanol–water partition coefficient (Wildman–Crippen LogP) is 4.23. The van der Waals surface area contributed by atoms with Gasteiger partial charge in [-0.2, -0.15) is 10.6 Å². The normalized spacial score (nSPS) is 18.7. The van der Waals surface area contributed by atoms with Crippen molar-refractivity contribution in [2.45, 2.75) is 41.4 Å². The second-order valence-electron chi connectivity index (χ2n) is 8.13. The third-order valence-electron chi connectivity index (χ3n) is 4.54. The molecule has 3 rings (SSSR count). The highest BCUT2D eigenvalue weighted by Crippen LogP contribution is 2.64. The van der Waals surface area contributed by atoms with Gasteiger partial charge in [0, 0.05) is 0 Å². The topological polar surface area (TPSA) is 122 Å². The Morgan fingerprint density at radius 1 is 1.13 bits per heavy atom. The van der Waals surface area contributed by atoms with Crippen LogP contribution in [0, 0.1) is 0 Å². The molecule has 0 fully saturated rings. The van der Waals surface area contributed by atoms with Gasteiger partial charge >= 0.3 is 6.09 Å². The molecule has 2 aromatic rings. The number of alkyl carbamates (subject to hydrolysis) is 1. The van der Waals surface area contributed by atoms with Crippen molar-refractivity contribution in [2.75, 3.05) is 18.9 Å². The fourth-order valence-electron chi connectivity index (χ4n) is 3.29. The Bertz CT molecular complexity index is 1050. The van der Waals surface area contributed by atoms with Crippen molar-refractivity contribution in [2.24, 2.45) is 0 Å². The molecule has 1 aliphatic rings. The number of rotatable bonds is 6. The van der Waals surface area contributed by atoms with Crippen LogP contribution in [-0.2, 0) is 14.6 Å². The lowest BCUT2D eigenvalue weighted by molar-refractivity contribution is 0.0520. The van der Waals surface area contributed by atoms with E-state index >= 15 is 0 Å². The van der Waals surface area contributed by atoms with Crippen LogP contribution in [0.25, 0.3) is 0 Å². The smallest absolute Gasteiger partial charge is 0.407 e. The fourth-order valence-corrected chi connectivity index (χ4v) is 7.86. The summed E-state index contributed by atoms with van der Waals surface area (Å²) in [5.41, 5.74) is -0.303. The van der Waals surface area contributed by atoms with Crippen molar-refractivity contribution in [3.8, 4) is 5.75 Å². The number of sulfone groups is 1. The highest BCUT2D eigenvalue weighted by Gasteiger charge is 2.44. The Labute approximate surface area is 183 Å². The number of hydrogen-bond acceptors (Lipinski definition) is 7. The van der Waals surface area contributed by atoms with Crippen LogP contribution in [0.1, 0.15) is 31.6 Å². The Morgan fingerprint density at radius 2 is 1.81 bits per heavy atom. The number of nitrogens with one attached hydrogen (secondary N) is 1. The van der Waals surface area contributed by atoms with Gasteiger partial charge in [-0.3, -0.25) is 9.11 Å². The van der Waals surface area contributed by atoms with Crippen molar-refractivity contribution in [3.05, 3.63) is 54.1 Å². The summed E-state index contributed by atoms with van der Waals surface area (Å²) in [6.45, 7) is 5.42. The van der Waals surface area contributed by atoms with Crippen LogP contribution >= 0.6 is 10.6 Å². The molecule has 3 N–H and O–H groups in total. The maximum atomic E-state index is 13.1. The Balaban J connectivity index is 1.77. The summed E-state index contributed by atoms with van der Waals surface area (Å²) in [7, 11) is -7.19. The van der Waals surface area contributed by atoms with Gasteiger partial charge < -0.3 is 14.8 Å². The second kappa shape index (κ2) is 8.70. The lowest BCUT2D eigenvalue weighted by atomic mass is 10.1. The average Bonchev–Trinajstić information content (AvgIpc) is 2.97. The van der Waals surface area contributed by atoms with Crippen LogP contribution in [0.2, 0.25) is 0 Å². The van der Waals surface area contributed by atoms with Crippen LogP contribution < -0.4 is 10.1 Å². The number of ether oxygens (including phenoxy) is 2. The minimum atomic E-state index is -3.82. The molecule has 0 saturated heterocycles. The molecule has 8 nitrogen and oxygen atoms in total. The van der Waals surface area contributed by atoms with Crippen LogP contribution in [0.15, 0.2) is 58.3 Å². The standard InChI is InChI=1S/C21H27NO7S2/c1-21(2,3)29-20(23)22-12-13-28-17-11-7-10-16-18(14-30(24,25)19(16)17)31(26,27)15-8-5-4-6-9-15/h4-11,18,24-25H,12-14H2,1-3H3,(H,22,23). The first-order chi connectivity index (χ1) is 14.4. The monoisotopic (exact) mass is 469 g/mol. The third kappa shape index (κ3) is 5.32. The van der Waals surface area contributed by atoms with E-state index in [4.69, 9.17) is 9.47 Å². The summed E-state index contributed by atoms with van der Waals surface area (Å²) in [5, 5.41) is 1.47. The largest absolute Gasteiger partial charge is 0.490 e. The minimum absolute atomic E-state index is 0.0430. The van der Waals surface area contributed by atoms with Crippen molar-refractivity contribution in [1.29, 1.82) is 0 Å². The van der Waals surface area contributed by atoms with E-state index in [0.717, 1.165) is 0 Å². The van der Waals surface area contributed by atoms with E-state index in [9.17, 15) is 22.3 Å². The lowest BCUT2D eigenvalue weighted by Gasteiger charge is -2.29. The van der Waals surface area contributed by atoms with Gasteiger partial charge in [0.05, 0.1) is 17.2 Å². The van der Waals surface area contributed by atoms with Crippen molar-refractivity contribution < 1.29 is 31.8 Å². The first kappa shape index (κ1) is 23.4. The van der Waals surface area contributed by atoms with Crippen molar-refractivity contribution in [1.82, 2.24) is 5.32 Å². The average molecular weight is 470 g/mol. The summed E-state index contributed by atoms with van der Waals surface area (Å²) in [6, 6.07) is 12.7. The summed E-state index contributed by atoms with van der Waals surface area (Å²) >= 11 is 0. The van der Waals surface area contributed by atoms with Gasteiger partial charge in [0.25, 0.3) is 0 Å². The van der Waals surface area contributed by atoms with E-state index in [-0.39, 0.29) is 34.4 Å². The summed E-state index contributed by atoms with van der Waals surface area (Å²) in [4.78, 5) is 11.9. The van der Waals surface area contributed by atoms with Crippen molar-refractivity contribution >= 4 is 26.5 Å². The Morgan fingerprint density at radius 3 is 2.45 bits per heavy atom. The van der Waals surface area contributed by atoms with Gasteiger partial charge in [-0.25, -0.2) is 13.2 Å². The lowest BCUT2D eigenvalue weighted by Crippen LogP contribution is -2.34. The predicted molar refractivity (Wildman–Crippen MR) is 119 cm³/mol. The van der Waals surface area contributed by atoms with Gasteiger partial charge in [-0.1, -0.05) is 30.3 Å². The first-order valence-electron chi connectivity index (χ1n) is 9.69. The Hall–Kier alpha value is -2.27. The fraction of sp³-hybridized carbons (Fsp3) is 0.381. The zero-order valence-electron chi connectivity index (χ0n) is 17.6. The number of carbonyl (C=O) groups is 1. The zero-order valence-corrected chi connectivity index (χ0v) is 19.2. The minimum Gasteiger partial charge on any atom is -0.490 e. The molecule has 1 atom stereocenters. The first-order valence-corrected chi connectivity index (χ1v) is 13.0. The SMILES string of the molecule is CC(C)(C)OC(=O)NCCOc1cccc2c1S(O)(O)CC2S(=O)(=O)c1ccccc1. The van der Waals surface area contributed by atoms with Gasteiger partial charge in [-0.05, 0) is 44.5 Å². The van der Waals surface area contributed by atoms with Gasteiger partial charge in [0.15, 0.2) is 9.84 Å². The van der Waals surface area contributed by atoms with E-state index in [1.54, 1.807) is 57.2 Å². The molecule has 170 valence electrons. The number of fused-ring (bicyclic) bond motifs is 1. The van der Waals surface area contributed by atoms with Gasteiger partial charge in [-0.15, -0.1) is 0 Å². The number of benzene rings is 2. The number of carbonyl (C=O) groups excluding carboxylic acids is 1. The maximum absolute atomic E-state index is 13.1.